The normalized spacial score (nSPS) is 15.1. The zero-order valence-electron chi connectivity index (χ0n) is 16.8. The number of piperazine rings is 1. The van der Waals surface area contributed by atoms with Crippen LogP contribution < -0.4 is 10.1 Å². The third-order valence-corrected chi connectivity index (χ3v) is 5.16. The molecule has 6 nitrogen and oxygen atoms in total. The quantitative estimate of drug-likeness (QED) is 0.704. The molecule has 1 saturated heterocycles. The van der Waals surface area contributed by atoms with Gasteiger partial charge in [-0.15, -0.1) is 0 Å². The predicted octanol–water partition coefficient (Wildman–Crippen LogP) is 3.10. The van der Waals surface area contributed by atoms with Gasteiger partial charge >= 0.3 is 0 Å². The summed E-state index contributed by atoms with van der Waals surface area (Å²) in [6, 6.07) is 12.3. The summed E-state index contributed by atoms with van der Waals surface area (Å²) in [5.74, 6) is 0.377. The molecule has 1 aliphatic heterocycles. The number of anilines is 1. The summed E-state index contributed by atoms with van der Waals surface area (Å²) in [6.07, 6.45) is 0. The zero-order valence-corrected chi connectivity index (χ0v) is 17.5. The third kappa shape index (κ3) is 6.29. The van der Waals surface area contributed by atoms with Crippen molar-refractivity contribution >= 4 is 29.0 Å². The van der Waals surface area contributed by atoms with Crippen LogP contribution >= 0.6 is 11.6 Å². The number of rotatable bonds is 7. The lowest BCUT2D eigenvalue weighted by molar-refractivity contribution is -0.118. The minimum absolute atomic E-state index is 0.0543. The van der Waals surface area contributed by atoms with E-state index in [2.05, 4.69) is 22.2 Å². The first-order valence-electron chi connectivity index (χ1n) is 9.63. The van der Waals surface area contributed by atoms with Crippen LogP contribution in [-0.2, 0) is 4.79 Å². The van der Waals surface area contributed by atoms with Crippen LogP contribution in [-0.4, -0.2) is 67.9 Å². The monoisotopic (exact) mass is 415 g/mol. The number of carbonyl (C=O) groups excluding carboxylic acids is 2. The highest BCUT2D eigenvalue weighted by molar-refractivity contribution is 6.30. The van der Waals surface area contributed by atoms with Crippen LogP contribution in [0, 0.1) is 6.92 Å². The van der Waals surface area contributed by atoms with E-state index in [1.165, 1.54) is 0 Å². The highest BCUT2D eigenvalue weighted by Crippen LogP contribution is 2.21. The molecule has 0 bridgehead atoms. The minimum Gasteiger partial charge on any atom is -0.483 e. The first-order valence-corrected chi connectivity index (χ1v) is 10.0. The van der Waals surface area contributed by atoms with Crippen LogP contribution in [0.5, 0.6) is 5.75 Å². The largest absolute Gasteiger partial charge is 0.483 e. The molecule has 29 heavy (non-hydrogen) atoms. The number of ketones is 1. The molecule has 0 unspecified atom stereocenters. The fourth-order valence-electron chi connectivity index (χ4n) is 3.19. The SMILES string of the molecule is Cc1cc(Cl)ccc1OCC(=O)Nc1cccc(C(=O)CN2CCN(C)CC2)c1. The fourth-order valence-corrected chi connectivity index (χ4v) is 3.41. The highest BCUT2D eigenvalue weighted by atomic mass is 35.5. The molecule has 1 heterocycles. The summed E-state index contributed by atoms with van der Waals surface area (Å²) in [4.78, 5) is 29.3. The van der Waals surface area contributed by atoms with Crippen molar-refractivity contribution in [1.29, 1.82) is 0 Å². The van der Waals surface area contributed by atoms with Crippen molar-refractivity contribution in [3.8, 4) is 5.75 Å². The lowest BCUT2D eigenvalue weighted by Crippen LogP contribution is -2.46. The second-order valence-electron chi connectivity index (χ2n) is 7.33. The van der Waals surface area contributed by atoms with Crippen LogP contribution in [0.25, 0.3) is 0 Å². The number of carbonyl (C=O) groups is 2. The van der Waals surface area contributed by atoms with Gasteiger partial charge in [-0.2, -0.15) is 0 Å². The van der Waals surface area contributed by atoms with Crippen molar-refractivity contribution in [2.24, 2.45) is 0 Å². The topological polar surface area (TPSA) is 61.9 Å². The number of aryl methyl sites for hydroxylation is 1. The molecule has 0 radical (unpaired) electrons. The number of hydrogen-bond acceptors (Lipinski definition) is 5. The van der Waals surface area contributed by atoms with Crippen LogP contribution in [0.4, 0.5) is 5.69 Å². The number of ether oxygens (including phenoxy) is 1. The highest BCUT2D eigenvalue weighted by Gasteiger charge is 2.17. The number of nitrogens with one attached hydrogen (secondary N) is 1. The average molecular weight is 416 g/mol. The van der Waals surface area contributed by atoms with Gasteiger partial charge in [0.05, 0.1) is 6.54 Å². The Kier molecular flexibility index (Phi) is 7.25. The lowest BCUT2D eigenvalue weighted by atomic mass is 10.1. The van der Waals surface area contributed by atoms with Crippen LogP contribution in [0.1, 0.15) is 15.9 Å². The number of Topliss-reactive ketones (excluding diaryl/α,β-unsaturated/α-hetero) is 1. The Morgan fingerprint density at radius 1 is 1.10 bits per heavy atom. The smallest absolute Gasteiger partial charge is 0.262 e. The molecule has 0 aromatic heterocycles. The summed E-state index contributed by atoms with van der Waals surface area (Å²) < 4.78 is 5.56. The van der Waals surface area contributed by atoms with E-state index in [-0.39, 0.29) is 18.3 Å². The molecule has 0 aliphatic carbocycles. The van der Waals surface area contributed by atoms with Gasteiger partial charge in [-0.3, -0.25) is 14.5 Å². The maximum Gasteiger partial charge on any atom is 0.262 e. The van der Waals surface area contributed by atoms with E-state index in [1.54, 1.807) is 42.5 Å². The molecule has 1 aliphatic rings. The van der Waals surface area contributed by atoms with Crippen molar-refractivity contribution in [1.82, 2.24) is 9.80 Å². The van der Waals surface area contributed by atoms with Crippen molar-refractivity contribution in [2.75, 3.05) is 51.7 Å². The van der Waals surface area contributed by atoms with Crippen LogP contribution in [0.3, 0.4) is 0 Å². The van der Waals surface area contributed by atoms with Crippen LogP contribution in [0.15, 0.2) is 42.5 Å². The summed E-state index contributed by atoms with van der Waals surface area (Å²) in [5, 5.41) is 3.41. The Morgan fingerprint density at radius 3 is 2.59 bits per heavy atom. The second kappa shape index (κ2) is 9.87. The molecule has 1 N–H and O–H groups in total. The number of halogens is 1. The van der Waals surface area contributed by atoms with Gasteiger partial charge in [0.25, 0.3) is 5.91 Å². The first kappa shape index (κ1) is 21.3. The maximum absolute atomic E-state index is 12.6. The molecule has 0 saturated carbocycles. The van der Waals surface area contributed by atoms with E-state index in [0.717, 1.165) is 31.7 Å². The maximum atomic E-state index is 12.6. The van der Waals surface area contributed by atoms with E-state index in [1.807, 2.05) is 6.92 Å². The number of nitrogens with zero attached hydrogens (tertiary/aromatic N) is 2. The molecule has 1 amide bonds. The lowest BCUT2D eigenvalue weighted by Gasteiger charge is -2.31. The summed E-state index contributed by atoms with van der Waals surface area (Å²) in [6.45, 7) is 5.86. The second-order valence-corrected chi connectivity index (χ2v) is 7.77. The van der Waals surface area contributed by atoms with E-state index in [9.17, 15) is 9.59 Å². The van der Waals surface area contributed by atoms with E-state index < -0.39 is 0 Å². The predicted molar refractivity (Wildman–Crippen MR) is 115 cm³/mol. The Hall–Kier alpha value is -2.41. The van der Waals surface area contributed by atoms with Gasteiger partial charge in [-0.25, -0.2) is 0 Å². The molecule has 3 rings (SSSR count). The number of hydrogen-bond donors (Lipinski definition) is 1. The van der Waals surface area contributed by atoms with Gasteiger partial charge in [0.1, 0.15) is 5.75 Å². The van der Waals surface area contributed by atoms with E-state index in [4.69, 9.17) is 16.3 Å². The zero-order chi connectivity index (χ0) is 20.8. The summed E-state index contributed by atoms with van der Waals surface area (Å²) in [7, 11) is 2.09. The molecule has 7 heteroatoms. The Morgan fingerprint density at radius 2 is 1.86 bits per heavy atom. The molecule has 0 spiro atoms. The first-order chi connectivity index (χ1) is 13.9. The van der Waals surface area contributed by atoms with Gasteiger partial charge in [0, 0.05) is 42.5 Å². The number of amides is 1. The molecule has 0 atom stereocenters. The van der Waals surface area contributed by atoms with Crippen molar-refractivity contribution in [3.63, 3.8) is 0 Å². The van der Waals surface area contributed by atoms with Crippen molar-refractivity contribution < 1.29 is 14.3 Å². The average Bonchev–Trinajstić information content (AvgIpc) is 2.69. The van der Waals surface area contributed by atoms with E-state index in [0.29, 0.717) is 28.6 Å². The number of likely N-dealkylation sites (N-methyl/N-ethyl adjacent to an activating group) is 1. The number of benzene rings is 2. The molecular formula is C22H26ClN3O3. The Balaban J connectivity index is 1.53. The Labute approximate surface area is 176 Å². The molecule has 2 aromatic rings. The van der Waals surface area contributed by atoms with Gasteiger partial charge in [-0.05, 0) is 49.9 Å². The van der Waals surface area contributed by atoms with Crippen molar-refractivity contribution in [3.05, 3.63) is 58.6 Å². The van der Waals surface area contributed by atoms with Gasteiger partial charge in [0.2, 0.25) is 0 Å². The molecule has 1 fully saturated rings. The summed E-state index contributed by atoms with van der Waals surface area (Å²) in [5.41, 5.74) is 2.04. The third-order valence-electron chi connectivity index (χ3n) is 4.93. The van der Waals surface area contributed by atoms with Crippen LogP contribution in [0.2, 0.25) is 5.02 Å². The molecule has 2 aromatic carbocycles. The van der Waals surface area contributed by atoms with Gasteiger partial charge in [-0.1, -0.05) is 23.7 Å². The molecular weight excluding hydrogens is 390 g/mol. The molecule has 154 valence electrons. The Bertz CT molecular complexity index is 879. The van der Waals surface area contributed by atoms with Gasteiger partial charge in [0.15, 0.2) is 12.4 Å². The van der Waals surface area contributed by atoms with Gasteiger partial charge < -0.3 is 15.0 Å². The standard InChI is InChI=1S/C22H26ClN3O3/c1-16-12-18(23)6-7-21(16)29-15-22(28)24-19-5-3-4-17(13-19)20(27)14-26-10-8-25(2)9-11-26/h3-7,12-13H,8-11,14-15H2,1-2H3,(H,24,28). The van der Waals surface area contributed by atoms with E-state index >= 15 is 0 Å². The minimum atomic E-state index is -0.289. The fraction of sp³-hybridized carbons (Fsp3) is 0.364. The summed E-state index contributed by atoms with van der Waals surface area (Å²) >= 11 is 5.93. The van der Waals surface area contributed by atoms with Crippen molar-refractivity contribution in [2.45, 2.75) is 6.92 Å².